The Balaban J connectivity index is -0.000000127. The first-order chi connectivity index (χ1) is 41.8. The Kier molecular flexibility index (Phi) is 62.0. The van der Waals surface area contributed by atoms with Crippen LogP contribution < -0.4 is 0 Å². The van der Waals surface area contributed by atoms with Crippen molar-refractivity contribution in [2.75, 3.05) is 56.3 Å². The molecule has 3 unspecified atom stereocenters. The van der Waals surface area contributed by atoms with E-state index in [0.717, 1.165) is 34.5 Å². The zero-order valence-corrected chi connectivity index (χ0v) is 79.2. The first kappa shape index (κ1) is 116. The fourth-order valence-corrected chi connectivity index (χ4v) is 29.7. The van der Waals surface area contributed by atoms with Gasteiger partial charge in [0.2, 0.25) is 0 Å². The normalized spacial score (nSPS) is 15.9. The van der Waals surface area contributed by atoms with Gasteiger partial charge < -0.3 is 15.3 Å². The highest BCUT2D eigenvalue weighted by Crippen LogP contribution is 2.35. The summed E-state index contributed by atoms with van der Waals surface area (Å²) >= 11 is 5.71. The van der Waals surface area contributed by atoms with Crippen molar-refractivity contribution in [3.63, 3.8) is 0 Å². The summed E-state index contributed by atoms with van der Waals surface area (Å²) < 4.78 is 101. The maximum atomic E-state index is 11.4. The maximum Gasteiger partial charge on any atom is 0.153 e. The van der Waals surface area contributed by atoms with Gasteiger partial charge in [-0.15, -0.1) is 0 Å². The monoisotopic (exact) mass is 1550 g/mol. The van der Waals surface area contributed by atoms with E-state index in [1.807, 2.05) is 120 Å². The van der Waals surface area contributed by atoms with Crippen molar-refractivity contribution in [1.29, 1.82) is 0 Å². The third kappa shape index (κ3) is 57.5. The summed E-state index contributed by atoms with van der Waals surface area (Å²) in [6.45, 7) is 79.6. The zero-order valence-electron chi connectivity index (χ0n) is 71.8. The van der Waals surface area contributed by atoms with E-state index in [-0.39, 0.29) is 56.2 Å². The zero-order chi connectivity index (χ0) is 80.5. The van der Waals surface area contributed by atoms with Crippen LogP contribution in [0.25, 0.3) is 0 Å². The van der Waals surface area contributed by atoms with E-state index in [4.69, 9.17) is 0 Å². The van der Waals surface area contributed by atoms with Crippen LogP contribution >= 0.6 is 35.3 Å². The second-order valence-electron chi connectivity index (χ2n) is 35.6. The third-order valence-corrected chi connectivity index (χ3v) is 32.5. The predicted molar refractivity (Wildman–Crippen MR) is 447 cm³/mol. The van der Waals surface area contributed by atoms with Crippen molar-refractivity contribution in [2.45, 2.75) is 334 Å². The molecule has 0 saturated carbocycles. The topological polar surface area (TPSA) is 214 Å². The van der Waals surface area contributed by atoms with Crippen LogP contribution in [-0.4, -0.2) is 174 Å². The number of hydrogen-bond acceptors (Lipinski definition) is 15. The van der Waals surface area contributed by atoms with Gasteiger partial charge in [-0.3, -0.25) is 12.6 Å². The Bertz CT molecular complexity index is 2210. The van der Waals surface area contributed by atoms with Crippen LogP contribution in [0.4, 0.5) is 0 Å². The van der Waals surface area contributed by atoms with Gasteiger partial charge in [0.25, 0.3) is 0 Å². The molecule has 0 heterocycles. The van der Waals surface area contributed by atoms with Crippen LogP contribution in [0.5, 0.6) is 0 Å². The van der Waals surface area contributed by atoms with Crippen LogP contribution in [0, 0.1) is 87.3 Å². The smallest absolute Gasteiger partial charge is 0.153 e. The third-order valence-electron chi connectivity index (χ3n) is 15.5. The minimum Gasteiger partial charge on any atom is -0.389 e. The lowest BCUT2D eigenvalue weighted by molar-refractivity contribution is 0.0616. The van der Waals surface area contributed by atoms with Crippen LogP contribution in [0.15, 0.2) is 0 Å². The molecule has 0 radical (unpaired) electrons. The molecule has 0 amide bonds. The number of aliphatic hydroxyl groups is 3. The van der Waals surface area contributed by atoms with E-state index in [9.17, 15) is 53.2 Å². The Labute approximate surface area is 623 Å². The minimum absolute atomic E-state index is 0.0694. The van der Waals surface area contributed by atoms with Gasteiger partial charge in [0, 0.05) is 96.2 Å². The number of hydrogen-bond donors (Lipinski definition) is 3. The highest BCUT2D eigenvalue weighted by atomic mass is 32.2. The Morgan fingerprint density at radius 2 is 0.573 bits per heavy atom. The van der Waals surface area contributed by atoms with E-state index in [1.165, 1.54) is 26.4 Å². The molecule has 21 heteroatoms. The average molecular weight is 1550 g/mol. The fraction of sp³-hybridized carbons (Fsp3) is 1.00. The molecule has 0 spiro atoms. The Morgan fingerprint density at radius 1 is 0.292 bits per heavy atom. The van der Waals surface area contributed by atoms with Gasteiger partial charge in [0.05, 0.1) is 37.8 Å². The van der Waals surface area contributed by atoms with Gasteiger partial charge in [0.1, 0.15) is 0 Å². The van der Waals surface area contributed by atoms with Crippen molar-refractivity contribution in [3.05, 3.63) is 0 Å². The first-order valence-electron chi connectivity index (χ1n) is 35.1. The van der Waals surface area contributed by atoms with Gasteiger partial charge in [-0.1, -0.05) is 228 Å². The van der Waals surface area contributed by atoms with Gasteiger partial charge >= 0.3 is 0 Å². The summed E-state index contributed by atoms with van der Waals surface area (Å²) in [5.74, 6) is 5.32. The predicted octanol–water partition coefficient (Wildman–Crippen LogP) is 18.9. The van der Waals surface area contributed by atoms with E-state index >= 15 is 0 Å². The quantitative estimate of drug-likeness (QED) is 0.0820. The lowest BCUT2D eigenvalue weighted by Crippen LogP contribution is -2.45. The molecule has 0 rings (SSSR count). The lowest BCUT2D eigenvalue weighted by atomic mass is 9.85. The minimum atomic E-state index is -3.17. The summed E-state index contributed by atoms with van der Waals surface area (Å²) in [4.78, 5) is 0. The second-order valence-corrected chi connectivity index (χ2v) is 49.7. The van der Waals surface area contributed by atoms with Crippen LogP contribution in [-0.2, 0) is 61.9 Å². The largest absolute Gasteiger partial charge is 0.389 e. The van der Waals surface area contributed by atoms with E-state index in [2.05, 4.69) is 151 Å². The standard InChI is InChI=1S/C9H20O2S.C9H20OS.C9H20S.C8H18O3S.2C8H18O2S.2C8H18OS.C8H18S/c1-7(2)8(9(3,4)5)12(6,10)11;1-7(2)8(11(6)10)9(3,4)5;1-7(2)8(10-6)9(3,4)5;1-6(2)7(8(3,4)9)12(5,10)11;1-6(2)7(11(5)10)8(3,4)9;1-6(2)8(7(3)4)11(5,9)10;1-6(2)7(10-5)8(3,4)9;1-6(2)8(7(3)4)10(5)9;1-6(2)8(9-5)7(3)4/h7-8H,1-6H3;7-8H,1-6H3;7-8H,1-6H3;6-7,9H,1-5H3;6-7,9H,1-5H3;6-8H,1-5H3;6-7,9H,1-5H3;6-8H,1-5H3;6-8H,1-5H3/t8-;8-,11?;8-;7-;7-,11?;;7-;;/m00000.0../s1. The molecule has 0 bridgehead atoms. The molecule has 0 saturated heterocycles. The number of sulfone groups is 3. The van der Waals surface area contributed by atoms with E-state index in [0.29, 0.717) is 44.8 Å². The molecule has 594 valence electrons. The van der Waals surface area contributed by atoms with Gasteiger partial charge in [0.15, 0.2) is 29.5 Å². The highest BCUT2D eigenvalue weighted by molar-refractivity contribution is 7.99. The molecule has 0 aromatic rings. The molecule has 0 aliphatic rings. The molecular weight excluding hydrogens is 1380 g/mol. The molecule has 0 aliphatic carbocycles. The van der Waals surface area contributed by atoms with Crippen molar-refractivity contribution in [3.8, 4) is 0 Å². The van der Waals surface area contributed by atoms with Crippen molar-refractivity contribution in [2.24, 2.45) is 87.3 Å². The molecule has 0 aromatic carbocycles. The van der Waals surface area contributed by atoms with E-state index in [1.54, 1.807) is 58.2 Å². The molecular formula is C75H168O12S9. The van der Waals surface area contributed by atoms with Crippen LogP contribution in [0.1, 0.15) is 270 Å². The number of thioether (sulfide) groups is 3. The maximum absolute atomic E-state index is 11.4. The molecule has 9 atom stereocenters. The molecule has 12 nitrogen and oxygen atoms in total. The molecule has 0 aliphatic heterocycles. The molecule has 0 aromatic heterocycles. The van der Waals surface area contributed by atoms with Crippen molar-refractivity contribution in [1.82, 2.24) is 0 Å². The molecule has 0 fully saturated rings. The summed E-state index contributed by atoms with van der Waals surface area (Å²) in [5.41, 5.74) is -2.10. The number of rotatable bonds is 24. The summed E-state index contributed by atoms with van der Waals surface area (Å²) in [6.07, 6.45) is 15.5. The van der Waals surface area contributed by atoms with Crippen LogP contribution in [0.3, 0.4) is 0 Å². The van der Waals surface area contributed by atoms with Gasteiger partial charge in [-0.05, 0) is 148 Å². The molecule has 3 N–H and O–H groups in total. The van der Waals surface area contributed by atoms with Crippen molar-refractivity contribution < 1.29 is 53.2 Å². The van der Waals surface area contributed by atoms with Crippen molar-refractivity contribution >= 4 is 97.2 Å². The SMILES string of the molecule is CC(C)C(C(C)C)S(C)(=O)=O.CC(C)C(C(C)C)S(C)=O.CC(C)[C@@H](C(C)(C)C)S(C)(=O)=O.CC(C)[C@@H](C(C)(C)O)S(C)(=O)=O.CC(C)[C@H](S(C)=O)C(C)(C)C.CC(C)[C@H](S(C)=O)C(C)(C)O.CSC(C(C)C)C(C)C.CS[C@@H](C(C)C)C(C)(C)C.CS[C@@H](C(C)C)C(C)(C)O. The molecule has 96 heavy (non-hydrogen) atoms. The Morgan fingerprint density at radius 3 is 0.573 bits per heavy atom. The first-order valence-corrected chi connectivity index (χ1v) is 49.6. The summed E-state index contributed by atoms with van der Waals surface area (Å²) in [7, 11) is -11.3. The van der Waals surface area contributed by atoms with Gasteiger partial charge in [-0.25, -0.2) is 25.3 Å². The second kappa shape index (κ2) is 51.5. The highest BCUT2D eigenvalue weighted by Gasteiger charge is 2.39. The van der Waals surface area contributed by atoms with E-state index < -0.39 is 84.0 Å². The Hall–Kier alpha value is 1.23. The summed E-state index contributed by atoms with van der Waals surface area (Å²) in [5, 5.41) is 30.2. The fourth-order valence-electron chi connectivity index (χ4n) is 15.1. The average Bonchev–Trinajstić information content (AvgIpc) is 3.22. The van der Waals surface area contributed by atoms with Gasteiger partial charge in [-0.2, -0.15) is 35.3 Å². The lowest BCUT2D eigenvalue weighted by Gasteiger charge is -2.32. The van der Waals surface area contributed by atoms with Crippen LogP contribution in [0.2, 0.25) is 0 Å². The summed E-state index contributed by atoms with van der Waals surface area (Å²) in [6, 6.07) is 0.